The van der Waals surface area contributed by atoms with Gasteiger partial charge in [-0.1, -0.05) is 0 Å². The van der Waals surface area contributed by atoms with Crippen LogP contribution in [0.15, 0.2) is 12.1 Å². The summed E-state index contributed by atoms with van der Waals surface area (Å²) in [6.07, 6.45) is 0. The lowest BCUT2D eigenvalue weighted by Crippen LogP contribution is -2.51. The van der Waals surface area contributed by atoms with Crippen LogP contribution in [0.1, 0.15) is 34.6 Å². The molecule has 0 bridgehead atoms. The molecule has 0 aliphatic rings. The quantitative estimate of drug-likeness (QED) is 0.547. The van der Waals surface area contributed by atoms with E-state index in [1.807, 2.05) is 6.92 Å². The van der Waals surface area contributed by atoms with E-state index in [-0.39, 0.29) is 11.5 Å². The van der Waals surface area contributed by atoms with E-state index in [1.54, 1.807) is 33.8 Å². The standard InChI is InChI=1S/C13H22N4O3/c1-6-14-10-8-7-9(17(19)20)11(15-10)16-12(2,3)13(4,5)18/h7-8,18H,6H2,1-5H3,(H2,14,15,16). The monoisotopic (exact) mass is 282 g/mol. The van der Waals surface area contributed by atoms with Crippen LogP contribution >= 0.6 is 0 Å². The number of hydrogen-bond acceptors (Lipinski definition) is 6. The van der Waals surface area contributed by atoms with Crippen LogP contribution in [0.3, 0.4) is 0 Å². The van der Waals surface area contributed by atoms with E-state index in [9.17, 15) is 15.2 Å². The van der Waals surface area contributed by atoms with E-state index >= 15 is 0 Å². The van der Waals surface area contributed by atoms with Gasteiger partial charge in [0, 0.05) is 12.6 Å². The molecule has 7 heteroatoms. The number of anilines is 2. The van der Waals surface area contributed by atoms with Gasteiger partial charge in [0.1, 0.15) is 5.82 Å². The molecule has 0 aliphatic heterocycles. The number of rotatable bonds is 6. The molecule has 0 unspecified atom stereocenters. The van der Waals surface area contributed by atoms with E-state index in [1.165, 1.54) is 6.07 Å². The number of nitro groups is 1. The molecular weight excluding hydrogens is 260 g/mol. The molecule has 7 nitrogen and oxygen atoms in total. The summed E-state index contributed by atoms with van der Waals surface area (Å²) in [5, 5.41) is 27.2. The zero-order valence-electron chi connectivity index (χ0n) is 12.5. The SMILES string of the molecule is CCNc1ccc([N+](=O)[O-])c(NC(C)(C)C(C)(C)O)n1. The van der Waals surface area contributed by atoms with E-state index in [0.717, 1.165) is 0 Å². The highest BCUT2D eigenvalue weighted by atomic mass is 16.6. The Balaban J connectivity index is 3.20. The largest absolute Gasteiger partial charge is 0.388 e. The minimum atomic E-state index is -1.07. The molecule has 0 saturated heterocycles. The van der Waals surface area contributed by atoms with Gasteiger partial charge in [0.2, 0.25) is 5.82 Å². The fourth-order valence-electron chi connectivity index (χ4n) is 1.42. The molecule has 0 fully saturated rings. The molecule has 0 amide bonds. The lowest BCUT2D eigenvalue weighted by atomic mass is 9.86. The highest BCUT2D eigenvalue weighted by Gasteiger charge is 2.37. The Kier molecular flexibility index (Phi) is 4.54. The van der Waals surface area contributed by atoms with Crippen molar-refractivity contribution in [3.63, 3.8) is 0 Å². The molecule has 1 heterocycles. The van der Waals surface area contributed by atoms with Gasteiger partial charge < -0.3 is 15.7 Å². The zero-order valence-corrected chi connectivity index (χ0v) is 12.5. The van der Waals surface area contributed by atoms with Gasteiger partial charge >= 0.3 is 5.69 Å². The maximum absolute atomic E-state index is 11.1. The second kappa shape index (κ2) is 5.62. The number of aromatic nitrogens is 1. The summed E-state index contributed by atoms with van der Waals surface area (Å²) in [6.45, 7) is 9.38. The molecule has 0 atom stereocenters. The predicted molar refractivity (Wildman–Crippen MR) is 79.1 cm³/mol. The fraction of sp³-hybridized carbons (Fsp3) is 0.615. The van der Waals surface area contributed by atoms with Gasteiger partial charge in [0.15, 0.2) is 0 Å². The highest BCUT2D eigenvalue weighted by molar-refractivity contribution is 5.61. The second-order valence-corrected chi connectivity index (χ2v) is 5.66. The molecule has 1 aromatic heterocycles. The van der Waals surface area contributed by atoms with Crippen molar-refractivity contribution in [2.24, 2.45) is 0 Å². The van der Waals surface area contributed by atoms with Crippen LogP contribution in [0.25, 0.3) is 0 Å². The van der Waals surface area contributed by atoms with Crippen molar-refractivity contribution in [1.82, 2.24) is 4.98 Å². The minimum Gasteiger partial charge on any atom is -0.388 e. The Labute approximate surface area is 118 Å². The second-order valence-electron chi connectivity index (χ2n) is 5.66. The summed E-state index contributed by atoms with van der Waals surface area (Å²) in [5.74, 6) is 0.688. The van der Waals surface area contributed by atoms with E-state index in [2.05, 4.69) is 15.6 Å². The Morgan fingerprint density at radius 1 is 1.35 bits per heavy atom. The first-order chi connectivity index (χ1) is 9.08. The first kappa shape index (κ1) is 16.2. The summed E-state index contributed by atoms with van der Waals surface area (Å²) < 4.78 is 0. The summed E-state index contributed by atoms with van der Waals surface area (Å²) in [4.78, 5) is 14.8. The highest BCUT2D eigenvalue weighted by Crippen LogP contribution is 2.31. The third-order valence-corrected chi connectivity index (χ3v) is 3.39. The van der Waals surface area contributed by atoms with E-state index in [4.69, 9.17) is 0 Å². The Hall–Kier alpha value is -1.89. The van der Waals surface area contributed by atoms with E-state index < -0.39 is 16.1 Å². The molecule has 1 rings (SSSR count). The normalized spacial score (nSPS) is 12.1. The van der Waals surface area contributed by atoms with E-state index in [0.29, 0.717) is 12.4 Å². The molecule has 0 aromatic carbocycles. The maximum Gasteiger partial charge on any atom is 0.311 e. The number of hydrogen-bond donors (Lipinski definition) is 3. The maximum atomic E-state index is 11.1. The van der Waals surface area contributed by atoms with Crippen molar-refractivity contribution < 1.29 is 10.0 Å². The van der Waals surface area contributed by atoms with Crippen LogP contribution < -0.4 is 10.6 Å². The minimum absolute atomic E-state index is 0.121. The molecule has 0 radical (unpaired) electrons. The van der Waals surface area contributed by atoms with Gasteiger partial charge in [0.05, 0.1) is 16.1 Å². The van der Waals surface area contributed by atoms with Gasteiger partial charge in [-0.2, -0.15) is 0 Å². The van der Waals surface area contributed by atoms with Gasteiger partial charge in [-0.15, -0.1) is 0 Å². The molecule has 0 saturated carbocycles. The van der Waals surface area contributed by atoms with Crippen LogP contribution in [-0.4, -0.2) is 32.7 Å². The Bertz CT molecular complexity index is 495. The summed E-state index contributed by atoms with van der Waals surface area (Å²) >= 11 is 0. The molecule has 3 N–H and O–H groups in total. The van der Waals surface area contributed by atoms with Crippen LogP contribution in [-0.2, 0) is 0 Å². The number of nitrogens with zero attached hydrogens (tertiary/aromatic N) is 2. The molecule has 20 heavy (non-hydrogen) atoms. The van der Waals surface area contributed by atoms with Gasteiger partial charge in [-0.05, 0) is 40.7 Å². The van der Waals surface area contributed by atoms with Gasteiger partial charge in [-0.3, -0.25) is 10.1 Å². The first-order valence-electron chi connectivity index (χ1n) is 6.48. The molecule has 0 spiro atoms. The van der Waals surface area contributed by atoms with Gasteiger partial charge in [-0.25, -0.2) is 4.98 Å². The summed E-state index contributed by atoms with van der Waals surface area (Å²) in [7, 11) is 0. The molecule has 1 aromatic rings. The van der Waals surface area contributed by atoms with Crippen LogP contribution in [0.5, 0.6) is 0 Å². The Morgan fingerprint density at radius 3 is 2.40 bits per heavy atom. The summed E-state index contributed by atoms with van der Waals surface area (Å²) in [5.41, 5.74) is -1.98. The van der Waals surface area contributed by atoms with Crippen LogP contribution in [0.4, 0.5) is 17.3 Å². The first-order valence-corrected chi connectivity index (χ1v) is 6.48. The smallest absolute Gasteiger partial charge is 0.311 e. The van der Waals surface area contributed by atoms with Crippen molar-refractivity contribution in [3.05, 3.63) is 22.2 Å². The summed E-state index contributed by atoms with van der Waals surface area (Å²) in [6, 6.07) is 2.96. The lowest BCUT2D eigenvalue weighted by Gasteiger charge is -2.38. The van der Waals surface area contributed by atoms with Crippen molar-refractivity contribution in [1.29, 1.82) is 0 Å². The zero-order chi connectivity index (χ0) is 15.6. The average molecular weight is 282 g/mol. The third-order valence-electron chi connectivity index (χ3n) is 3.39. The predicted octanol–water partition coefficient (Wildman–Crippen LogP) is 2.38. The topological polar surface area (TPSA) is 100 Å². The molecular formula is C13H22N4O3. The van der Waals surface area contributed by atoms with Crippen LogP contribution in [0.2, 0.25) is 0 Å². The Morgan fingerprint density at radius 2 is 1.95 bits per heavy atom. The lowest BCUT2D eigenvalue weighted by molar-refractivity contribution is -0.384. The third kappa shape index (κ3) is 3.57. The van der Waals surface area contributed by atoms with Crippen molar-refractivity contribution >= 4 is 17.3 Å². The molecule has 0 aliphatic carbocycles. The fourth-order valence-corrected chi connectivity index (χ4v) is 1.42. The van der Waals surface area contributed by atoms with Crippen molar-refractivity contribution in [2.75, 3.05) is 17.2 Å². The molecule has 112 valence electrons. The van der Waals surface area contributed by atoms with Gasteiger partial charge in [0.25, 0.3) is 0 Å². The van der Waals surface area contributed by atoms with Crippen molar-refractivity contribution in [3.8, 4) is 0 Å². The van der Waals surface area contributed by atoms with Crippen LogP contribution in [0, 0.1) is 10.1 Å². The van der Waals surface area contributed by atoms with Crippen molar-refractivity contribution in [2.45, 2.75) is 45.8 Å². The average Bonchev–Trinajstić information content (AvgIpc) is 2.27. The number of nitrogens with one attached hydrogen (secondary N) is 2. The number of pyridine rings is 1. The number of aliphatic hydroxyl groups is 1.